The van der Waals surface area contributed by atoms with Crippen LogP contribution in [0.5, 0.6) is 0 Å². The van der Waals surface area contributed by atoms with E-state index in [1.54, 1.807) is 36.4 Å². The third kappa shape index (κ3) is 3.80. The number of non-ortho nitro benzene ring substituents is 1. The lowest BCUT2D eigenvalue weighted by Gasteiger charge is -2.05. The molecule has 0 unspecified atom stereocenters. The Bertz CT molecular complexity index is 925. The highest BCUT2D eigenvalue weighted by Gasteiger charge is 2.11. The maximum atomic E-state index is 11.1. The summed E-state index contributed by atoms with van der Waals surface area (Å²) in [6.07, 6.45) is 0. The van der Waals surface area contributed by atoms with Crippen LogP contribution in [0.25, 0.3) is 5.69 Å². The maximum absolute atomic E-state index is 11.1. The highest BCUT2D eigenvalue weighted by molar-refractivity contribution is 7.98. The molecule has 0 radical (unpaired) electrons. The molecule has 1 aromatic heterocycles. The number of rotatable bonds is 6. The van der Waals surface area contributed by atoms with E-state index in [-0.39, 0.29) is 5.69 Å². The minimum Gasteiger partial charge on any atom is -0.366 e. The van der Waals surface area contributed by atoms with Crippen LogP contribution in [0.4, 0.5) is 5.69 Å². The number of nitro benzene ring substituents is 1. The predicted molar refractivity (Wildman–Crippen MR) is 90.3 cm³/mol. The Morgan fingerprint density at radius 1 is 1.24 bits per heavy atom. The van der Waals surface area contributed by atoms with E-state index >= 15 is 0 Å². The van der Waals surface area contributed by atoms with Crippen molar-refractivity contribution in [2.45, 2.75) is 10.9 Å². The Morgan fingerprint density at radius 2 is 2.00 bits per heavy atom. The number of primary amides is 1. The molecule has 1 heterocycles. The number of amides is 1. The first-order valence-corrected chi connectivity index (χ1v) is 8.08. The van der Waals surface area contributed by atoms with Gasteiger partial charge in [0, 0.05) is 23.4 Å². The van der Waals surface area contributed by atoms with E-state index in [9.17, 15) is 14.9 Å². The number of nitro groups is 1. The average molecular weight is 356 g/mol. The van der Waals surface area contributed by atoms with Crippen LogP contribution in [0.3, 0.4) is 0 Å². The molecule has 3 aromatic rings. The van der Waals surface area contributed by atoms with Crippen LogP contribution in [-0.2, 0) is 5.75 Å². The zero-order valence-electron chi connectivity index (χ0n) is 12.8. The fraction of sp³-hybridized carbons (Fsp3) is 0.0667. The number of hydrogen-bond donors (Lipinski definition) is 1. The van der Waals surface area contributed by atoms with E-state index in [0.29, 0.717) is 22.2 Å². The number of carbonyl (C=O) groups is 1. The molecule has 25 heavy (non-hydrogen) atoms. The molecule has 0 spiro atoms. The zero-order valence-corrected chi connectivity index (χ0v) is 13.6. The molecule has 1 amide bonds. The first-order chi connectivity index (χ1) is 12.0. The van der Waals surface area contributed by atoms with Crippen LogP contribution >= 0.6 is 11.8 Å². The van der Waals surface area contributed by atoms with Gasteiger partial charge in [-0.05, 0) is 40.3 Å². The van der Waals surface area contributed by atoms with Crippen LogP contribution in [0, 0.1) is 10.1 Å². The van der Waals surface area contributed by atoms with Gasteiger partial charge in [0.2, 0.25) is 11.1 Å². The predicted octanol–water partition coefficient (Wildman–Crippen LogP) is 1.96. The Labute approximate surface area is 146 Å². The number of carbonyl (C=O) groups excluding carboxylic acids is 1. The first-order valence-electron chi connectivity index (χ1n) is 7.09. The van der Waals surface area contributed by atoms with Crippen molar-refractivity contribution in [2.24, 2.45) is 5.73 Å². The van der Waals surface area contributed by atoms with E-state index in [2.05, 4.69) is 15.5 Å². The standard InChI is InChI=1S/C15H12N6O3S/c16-14(22)11-4-6-12(7-5-11)20-15(17-18-19-20)25-9-10-2-1-3-13(8-10)21(23)24/h1-8H,9H2,(H2,16,22). The van der Waals surface area contributed by atoms with Gasteiger partial charge in [0.1, 0.15) is 0 Å². The van der Waals surface area contributed by atoms with Crippen LogP contribution in [0.2, 0.25) is 0 Å². The van der Waals surface area contributed by atoms with Crippen molar-refractivity contribution in [3.8, 4) is 5.69 Å². The molecule has 0 aliphatic heterocycles. The third-order valence-corrected chi connectivity index (χ3v) is 4.32. The second-order valence-corrected chi connectivity index (χ2v) is 5.94. The Hall–Kier alpha value is -3.27. The van der Waals surface area contributed by atoms with Crippen molar-refractivity contribution in [3.63, 3.8) is 0 Å². The second kappa shape index (κ2) is 7.09. The molecule has 3 rings (SSSR count). The highest BCUT2D eigenvalue weighted by atomic mass is 32.2. The molecule has 0 aliphatic carbocycles. The molecule has 2 aromatic carbocycles. The molecular formula is C15H12N6O3S. The number of hydrogen-bond acceptors (Lipinski definition) is 7. The molecule has 0 fully saturated rings. The third-order valence-electron chi connectivity index (χ3n) is 3.33. The molecule has 0 aliphatic rings. The number of nitrogens with two attached hydrogens (primary N) is 1. The largest absolute Gasteiger partial charge is 0.366 e. The minimum absolute atomic E-state index is 0.0414. The van der Waals surface area contributed by atoms with Gasteiger partial charge in [-0.1, -0.05) is 23.9 Å². The Balaban J connectivity index is 1.77. The maximum Gasteiger partial charge on any atom is 0.269 e. The molecule has 10 heteroatoms. The monoisotopic (exact) mass is 356 g/mol. The van der Waals surface area contributed by atoms with E-state index in [1.165, 1.54) is 28.6 Å². The molecule has 2 N–H and O–H groups in total. The van der Waals surface area contributed by atoms with Gasteiger partial charge in [-0.25, -0.2) is 0 Å². The molecular weight excluding hydrogens is 344 g/mol. The van der Waals surface area contributed by atoms with Crippen molar-refractivity contribution < 1.29 is 9.72 Å². The van der Waals surface area contributed by atoms with E-state index < -0.39 is 10.8 Å². The van der Waals surface area contributed by atoms with E-state index in [0.717, 1.165) is 5.56 Å². The Morgan fingerprint density at radius 3 is 2.68 bits per heavy atom. The molecule has 0 saturated heterocycles. The van der Waals surface area contributed by atoms with Gasteiger partial charge in [0.05, 0.1) is 10.6 Å². The number of tetrazole rings is 1. The summed E-state index contributed by atoms with van der Waals surface area (Å²) in [6.45, 7) is 0. The van der Waals surface area contributed by atoms with E-state index in [1.807, 2.05) is 0 Å². The summed E-state index contributed by atoms with van der Waals surface area (Å²) in [4.78, 5) is 21.5. The van der Waals surface area contributed by atoms with Gasteiger partial charge in [-0.3, -0.25) is 14.9 Å². The van der Waals surface area contributed by atoms with Gasteiger partial charge >= 0.3 is 0 Å². The van der Waals surface area contributed by atoms with Crippen LogP contribution in [0.1, 0.15) is 15.9 Å². The van der Waals surface area contributed by atoms with Gasteiger partial charge in [-0.15, -0.1) is 5.10 Å². The van der Waals surface area contributed by atoms with Crippen LogP contribution < -0.4 is 5.73 Å². The van der Waals surface area contributed by atoms with Crippen LogP contribution in [-0.4, -0.2) is 31.0 Å². The summed E-state index contributed by atoms with van der Waals surface area (Å²) in [5, 5.41) is 22.9. The minimum atomic E-state index is -0.511. The number of thioether (sulfide) groups is 1. The van der Waals surface area contributed by atoms with E-state index in [4.69, 9.17) is 5.73 Å². The average Bonchev–Trinajstić information content (AvgIpc) is 3.09. The zero-order chi connectivity index (χ0) is 17.8. The van der Waals surface area contributed by atoms with Crippen molar-refractivity contribution >= 4 is 23.4 Å². The molecule has 126 valence electrons. The summed E-state index contributed by atoms with van der Waals surface area (Å²) >= 11 is 1.35. The lowest BCUT2D eigenvalue weighted by Crippen LogP contribution is -2.10. The smallest absolute Gasteiger partial charge is 0.269 e. The van der Waals surface area contributed by atoms with Gasteiger partial charge in [0.15, 0.2) is 0 Å². The topological polar surface area (TPSA) is 130 Å². The fourth-order valence-corrected chi connectivity index (χ4v) is 2.94. The lowest BCUT2D eigenvalue weighted by molar-refractivity contribution is -0.384. The number of nitrogens with zero attached hydrogens (tertiary/aromatic N) is 5. The lowest BCUT2D eigenvalue weighted by atomic mass is 10.2. The highest BCUT2D eigenvalue weighted by Crippen LogP contribution is 2.24. The molecule has 0 bridgehead atoms. The Kier molecular flexibility index (Phi) is 4.70. The summed E-state index contributed by atoms with van der Waals surface area (Å²) in [6, 6.07) is 13.0. The first kappa shape index (κ1) is 16.6. The number of aromatic nitrogens is 4. The van der Waals surface area contributed by atoms with Crippen molar-refractivity contribution in [1.29, 1.82) is 0 Å². The van der Waals surface area contributed by atoms with Crippen LogP contribution in [0.15, 0.2) is 53.7 Å². The van der Waals surface area contributed by atoms with Gasteiger partial charge in [-0.2, -0.15) is 4.68 Å². The normalized spacial score (nSPS) is 10.6. The summed E-state index contributed by atoms with van der Waals surface area (Å²) in [7, 11) is 0. The second-order valence-electron chi connectivity index (χ2n) is 5.00. The molecule has 0 saturated carbocycles. The van der Waals surface area contributed by atoms with Crippen molar-refractivity contribution in [3.05, 3.63) is 69.8 Å². The van der Waals surface area contributed by atoms with Gasteiger partial charge < -0.3 is 5.73 Å². The van der Waals surface area contributed by atoms with Crippen molar-refractivity contribution in [2.75, 3.05) is 0 Å². The summed E-state index contributed by atoms with van der Waals surface area (Å²) in [5.74, 6) is -0.0370. The molecule has 9 nitrogen and oxygen atoms in total. The van der Waals surface area contributed by atoms with Crippen molar-refractivity contribution in [1.82, 2.24) is 20.2 Å². The number of benzene rings is 2. The molecule has 0 atom stereocenters. The summed E-state index contributed by atoms with van der Waals surface area (Å²) in [5.41, 5.74) is 7.12. The quantitative estimate of drug-likeness (QED) is 0.406. The fourth-order valence-electron chi connectivity index (χ4n) is 2.11. The van der Waals surface area contributed by atoms with Gasteiger partial charge in [0.25, 0.3) is 5.69 Å². The summed E-state index contributed by atoms with van der Waals surface area (Å²) < 4.78 is 1.52. The SMILES string of the molecule is NC(=O)c1ccc(-n2nnnc2SCc2cccc([N+](=O)[O-])c2)cc1.